The molecule has 1 heterocycles. The summed E-state index contributed by atoms with van der Waals surface area (Å²) in [5.74, 6) is 2.60. The molecule has 15 heavy (non-hydrogen) atoms. The van der Waals surface area contributed by atoms with E-state index in [2.05, 4.69) is 42.7 Å². The lowest BCUT2D eigenvalue weighted by Gasteiger charge is -2.36. The fourth-order valence-corrected chi connectivity index (χ4v) is 5.27. The van der Waals surface area contributed by atoms with Crippen LogP contribution in [0.1, 0.15) is 20.3 Å². The summed E-state index contributed by atoms with van der Waals surface area (Å²) in [7, 11) is 1.80. The summed E-state index contributed by atoms with van der Waals surface area (Å²) < 4.78 is 5.32. The van der Waals surface area contributed by atoms with Crippen LogP contribution < -0.4 is 5.32 Å². The van der Waals surface area contributed by atoms with Crippen LogP contribution in [0.15, 0.2) is 0 Å². The first-order valence-electron chi connectivity index (χ1n) is 5.79. The maximum absolute atomic E-state index is 5.32. The van der Waals surface area contributed by atoms with Gasteiger partial charge in [0, 0.05) is 35.2 Å². The first-order chi connectivity index (χ1) is 7.33. The first-order valence-corrected chi connectivity index (χ1v) is 7.88. The van der Waals surface area contributed by atoms with Crippen LogP contribution >= 0.6 is 23.5 Å². The second-order valence-electron chi connectivity index (χ2n) is 3.77. The minimum Gasteiger partial charge on any atom is -0.383 e. The Bertz CT molecular complexity index is 163. The average Bonchev–Trinajstić information content (AvgIpc) is 2.29. The van der Waals surface area contributed by atoms with Crippen LogP contribution in [0.4, 0.5) is 0 Å². The number of methoxy groups -OCH3 is 1. The number of rotatable bonds is 6. The van der Waals surface area contributed by atoms with Crippen LogP contribution in [-0.2, 0) is 4.74 Å². The first kappa shape index (κ1) is 13.7. The highest BCUT2D eigenvalue weighted by Crippen LogP contribution is 2.35. The van der Waals surface area contributed by atoms with Crippen LogP contribution in [0.3, 0.4) is 0 Å². The average molecular weight is 249 g/mol. The lowest BCUT2D eigenvalue weighted by Crippen LogP contribution is -2.47. The normalized spacial score (nSPS) is 29.0. The van der Waals surface area contributed by atoms with Crippen LogP contribution in [-0.4, -0.2) is 48.3 Å². The Morgan fingerprint density at radius 2 is 2.07 bits per heavy atom. The number of hydrogen-bond donors (Lipinski definition) is 1. The Balaban J connectivity index is 2.53. The zero-order valence-corrected chi connectivity index (χ0v) is 11.6. The molecule has 1 saturated heterocycles. The highest BCUT2D eigenvalue weighted by molar-refractivity contribution is 8.07. The maximum atomic E-state index is 5.32. The van der Waals surface area contributed by atoms with Gasteiger partial charge in [0.25, 0.3) is 0 Å². The van der Waals surface area contributed by atoms with E-state index >= 15 is 0 Å². The number of likely N-dealkylation sites (N-methyl/N-ethyl adjacent to an activating group) is 1. The monoisotopic (exact) mass is 249 g/mol. The van der Waals surface area contributed by atoms with E-state index in [1.807, 2.05) is 0 Å². The van der Waals surface area contributed by atoms with E-state index in [0.717, 1.165) is 18.4 Å². The summed E-state index contributed by atoms with van der Waals surface area (Å²) in [5.41, 5.74) is 0. The SMILES string of the molecule is CCNC(COC)C1SCCSC1CC. The highest BCUT2D eigenvalue weighted by Gasteiger charge is 2.31. The van der Waals surface area contributed by atoms with Crippen LogP contribution in [0.5, 0.6) is 0 Å². The van der Waals surface area contributed by atoms with Gasteiger partial charge in [-0.25, -0.2) is 0 Å². The summed E-state index contributed by atoms with van der Waals surface area (Å²) in [6.45, 7) is 6.34. The molecular weight excluding hydrogens is 226 g/mol. The molecule has 4 heteroatoms. The van der Waals surface area contributed by atoms with Crippen molar-refractivity contribution in [3.05, 3.63) is 0 Å². The number of nitrogens with one attached hydrogen (secondary N) is 1. The largest absolute Gasteiger partial charge is 0.383 e. The Morgan fingerprint density at radius 1 is 1.33 bits per heavy atom. The van der Waals surface area contributed by atoms with Crippen molar-refractivity contribution in [2.24, 2.45) is 0 Å². The third-order valence-corrected chi connectivity index (χ3v) is 6.11. The van der Waals surface area contributed by atoms with Crippen LogP contribution in [0.25, 0.3) is 0 Å². The van der Waals surface area contributed by atoms with Gasteiger partial charge in [0.1, 0.15) is 0 Å². The Hall–Kier alpha value is 0.620. The molecule has 0 aliphatic carbocycles. The van der Waals surface area contributed by atoms with Gasteiger partial charge < -0.3 is 10.1 Å². The molecule has 0 spiro atoms. The predicted molar refractivity (Wildman–Crippen MR) is 72.1 cm³/mol. The molecule has 1 aliphatic rings. The molecule has 0 aromatic rings. The fourth-order valence-electron chi connectivity index (χ4n) is 2.02. The molecule has 0 saturated carbocycles. The van der Waals surface area contributed by atoms with Crippen molar-refractivity contribution in [1.82, 2.24) is 5.32 Å². The molecule has 3 unspecified atom stereocenters. The van der Waals surface area contributed by atoms with Crippen molar-refractivity contribution in [1.29, 1.82) is 0 Å². The van der Waals surface area contributed by atoms with Gasteiger partial charge >= 0.3 is 0 Å². The summed E-state index contributed by atoms with van der Waals surface area (Å²) in [5, 5.41) is 5.07. The number of thioether (sulfide) groups is 2. The Labute approximate surface area is 102 Å². The summed E-state index contributed by atoms with van der Waals surface area (Å²) in [6.07, 6.45) is 1.27. The van der Waals surface area contributed by atoms with Crippen molar-refractivity contribution in [3.63, 3.8) is 0 Å². The molecule has 1 N–H and O–H groups in total. The quantitative estimate of drug-likeness (QED) is 0.779. The minimum absolute atomic E-state index is 0.516. The van der Waals surface area contributed by atoms with Crippen molar-refractivity contribution >= 4 is 23.5 Å². The summed E-state index contributed by atoms with van der Waals surface area (Å²) in [6, 6.07) is 0.516. The molecule has 3 atom stereocenters. The van der Waals surface area contributed by atoms with E-state index in [1.54, 1.807) is 7.11 Å². The smallest absolute Gasteiger partial charge is 0.0627 e. The molecule has 90 valence electrons. The topological polar surface area (TPSA) is 21.3 Å². The second-order valence-corrected chi connectivity index (χ2v) is 6.41. The minimum atomic E-state index is 0.516. The molecule has 1 fully saturated rings. The van der Waals surface area contributed by atoms with E-state index in [1.165, 1.54) is 17.9 Å². The molecule has 0 aromatic carbocycles. The van der Waals surface area contributed by atoms with Gasteiger partial charge in [-0.05, 0) is 13.0 Å². The van der Waals surface area contributed by atoms with Gasteiger partial charge in [-0.1, -0.05) is 13.8 Å². The van der Waals surface area contributed by atoms with E-state index in [0.29, 0.717) is 11.3 Å². The maximum Gasteiger partial charge on any atom is 0.0627 e. The van der Waals surface area contributed by atoms with Crippen molar-refractivity contribution in [2.45, 2.75) is 36.8 Å². The standard InChI is InChI=1S/C11H23NOS2/c1-4-10-11(15-7-6-14-10)9(8-13-3)12-5-2/h9-12H,4-8H2,1-3H3. The summed E-state index contributed by atoms with van der Waals surface area (Å²) in [4.78, 5) is 0. The van der Waals surface area contributed by atoms with Crippen LogP contribution in [0, 0.1) is 0 Å². The molecule has 1 aliphatic heterocycles. The lowest BCUT2D eigenvalue weighted by atomic mass is 10.1. The lowest BCUT2D eigenvalue weighted by molar-refractivity contribution is 0.165. The molecule has 1 rings (SSSR count). The van der Waals surface area contributed by atoms with Gasteiger partial charge in [0.2, 0.25) is 0 Å². The van der Waals surface area contributed by atoms with E-state index in [9.17, 15) is 0 Å². The van der Waals surface area contributed by atoms with E-state index < -0.39 is 0 Å². The highest BCUT2D eigenvalue weighted by atomic mass is 32.2. The molecule has 2 nitrogen and oxygen atoms in total. The molecule has 0 aromatic heterocycles. The van der Waals surface area contributed by atoms with Gasteiger partial charge in [0.15, 0.2) is 0 Å². The molecule has 0 radical (unpaired) electrons. The van der Waals surface area contributed by atoms with E-state index in [4.69, 9.17) is 4.74 Å². The summed E-state index contributed by atoms with van der Waals surface area (Å²) >= 11 is 4.26. The number of hydrogen-bond acceptors (Lipinski definition) is 4. The van der Waals surface area contributed by atoms with Crippen molar-refractivity contribution < 1.29 is 4.74 Å². The van der Waals surface area contributed by atoms with Gasteiger partial charge in [-0.15, -0.1) is 0 Å². The van der Waals surface area contributed by atoms with Crippen molar-refractivity contribution in [2.75, 3.05) is 31.8 Å². The molecular formula is C11H23NOS2. The fraction of sp³-hybridized carbons (Fsp3) is 1.00. The predicted octanol–water partition coefficient (Wildman–Crippen LogP) is 2.24. The third-order valence-electron chi connectivity index (χ3n) is 2.70. The zero-order valence-electron chi connectivity index (χ0n) is 9.99. The number of ether oxygens (including phenoxy) is 1. The van der Waals surface area contributed by atoms with Crippen molar-refractivity contribution in [3.8, 4) is 0 Å². The second kappa shape index (κ2) is 7.82. The van der Waals surface area contributed by atoms with Gasteiger partial charge in [-0.2, -0.15) is 23.5 Å². The zero-order chi connectivity index (χ0) is 11.1. The van der Waals surface area contributed by atoms with Gasteiger partial charge in [0.05, 0.1) is 6.61 Å². The van der Waals surface area contributed by atoms with E-state index in [-0.39, 0.29) is 0 Å². The van der Waals surface area contributed by atoms with Gasteiger partial charge in [-0.3, -0.25) is 0 Å². The Morgan fingerprint density at radius 3 is 2.67 bits per heavy atom. The molecule has 0 bridgehead atoms. The molecule has 0 amide bonds. The van der Waals surface area contributed by atoms with Crippen LogP contribution in [0.2, 0.25) is 0 Å². The third kappa shape index (κ3) is 4.17. The Kier molecular flexibility index (Phi) is 7.14.